The molecule has 0 aliphatic carbocycles. The summed E-state index contributed by atoms with van der Waals surface area (Å²) < 4.78 is 42.8. The van der Waals surface area contributed by atoms with Crippen LogP contribution in [-0.4, -0.2) is 55.2 Å². The van der Waals surface area contributed by atoms with E-state index in [9.17, 15) is 13.2 Å². The van der Waals surface area contributed by atoms with Crippen LogP contribution in [0.25, 0.3) is 0 Å². The van der Waals surface area contributed by atoms with Gasteiger partial charge in [-0.15, -0.1) is 0 Å². The first-order valence-corrected chi connectivity index (χ1v) is 11.6. The number of furan rings is 1. The normalized spacial score (nSPS) is 16.3. The average molecular weight is 473 g/mol. The van der Waals surface area contributed by atoms with Gasteiger partial charge in [-0.2, -0.15) is 9.41 Å². The number of amides is 1. The third kappa shape index (κ3) is 4.29. The fourth-order valence-electron chi connectivity index (χ4n) is 3.75. The van der Waals surface area contributed by atoms with Gasteiger partial charge in [-0.25, -0.2) is 13.4 Å². The van der Waals surface area contributed by atoms with Crippen molar-refractivity contribution in [3.8, 4) is 5.75 Å². The number of hydrogen-bond acceptors (Lipinski definition) is 8. The van der Waals surface area contributed by atoms with E-state index in [0.717, 1.165) is 9.87 Å². The minimum absolute atomic E-state index is 0.0378. The first-order valence-electron chi connectivity index (χ1n) is 10.2. The van der Waals surface area contributed by atoms with Gasteiger partial charge in [0.2, 0.25) is 10.0 Å². The summed E-state index contributed by atoms with van der Waals surface area (Å²) in [7, 11) is -1.06. The van der Waals surface area contributed by atoms with Crippen LogP contribution in [0.3, 0.4) is 0 Å². The van der Waals surface area contributed by atoms with Crippen molar-refractivity contribution in [3.63, 3.8) is 0 Å². The van der Waals surface area contributed by atoms with Crippen molar-refractivity contribution in [2.45, 2.75) is 31.2 Å². The van der Waals surface area contributed by atoms with Crippen molar-refractivity contribution >= 4 is 21.6 Å². The third-order valence-electron chi connectivity index (χ3n) is 5.45. The van der Waals surface area contributed by atoms with Gasteiger partial charge in [0.1, 0.15) is 28.1 Å². The van der Waals surface area contributed by atoms with Crippen LogP contribution in [-0.2, 0) is 14.8 Å². The molecule has 2 aromatic heterocycles. The van der Waals surface area contributed by atoms with Crippen LogP contribution in [0.2, 0.25) is 0 Å². The van der Waals surface area contributed by atoms with Gasteiger partial charge in [-0.1, -0.05) is 5.16 Å². The summed E-state index contributed by atoms with van der Waals surface area (Å²) in [5.41, 5.74) is 1.75. The molecule has 3 aromatic rings. The fraction of sp³-hybridized carbons (Fsp3) is 0.318. The molecule has 33 heavy (non-hydrogen) atoms. The Hall–Kier alpha value is -3.44. The molecule has 1 aliphatic rings. The summed E-state index contributed by atoms with van der Waals surface area (Å²) in [6.45, 7) is 2.64. The second-order valence-electron chi connectivity index (χ2n) is 7.66. The summed E-state index contributed by atoms with van der Waals surface area (Å²) in [4.78, 5) is 13.2. The molecular weight excluding hydrogens is 448 g/mol. The molecule has 10 nitrogen and oxygen atoms in total. The van der Waals surface area contributed by atoms with Gasteiger partial charge in [-0.05, 0) is 55.8 Å². The van der Waals surface area contributed by atoms with E-state index in [0.29, 0.717) is 23.6 Å². The minimum Gasteiger partial charge on any atom is -0.497 e. The number of nitrogens with zero attached hydrogens (tertiary/aromatic N) is 4. The smallest absolute Gasteiger partial charge is 0.258 e. The van der Waals surface area contributed by atoms with E-state index in [-0.39, 0.29) is 16.3 Å². The van der Waals surface area contributed by atoms with Gasteiger partial charge in [-0.3, -0.25) is 4.79 Å². The van der Waals surface area contributed by atoms with E-state index in [1.165, 1.54) is 32.2 Å². The molecule has 0 saturated heterocycles. The van der Waals surface area contributed by atoms with Crippen molar-refractivity contribution in [1.29, 1.82) is 0 Å². The van der Waals surface area contributed by atoms with E-state index in [4.69, 9.17) is 13.7 Å². The summed E-state index contributed by atoms with van der Waals surface area (Å²) in [5.74, 6) is 0.949. The van der Waals surface area contributed by atoms with Gasteiger partial charge in [0.15, 0.2) is 5.76 Å². The molecule has 11 heteroatoms. The van der Waals surface area contributed by atoms with Crippen molar-refractivity contribution in [3.05, 3.63) is 65.4 Å². The summed E-state index contributed by atoms with van der Waals surface area (Å²) in [6, 6.07) is 10.4. The molecule has 0 radical (unpaired) electrons. The molecule has 0 bridgehead atoms. The predicted octanol–water partition coefficient (Wildman–Crippen LogP) is 2.89. The lowest BCUT2D eigenvalue weighted by atomic mass is 10.0. The molecule has 1 atom stereocenters. The van der Waals surface area contributed by atoms with E-state index < -0.39 is 28.5 Å². The number of aromatic nitrogens is 1. The highest BCUT2D eigenvalue weighted by atomic mass is 32.2. The first kappa shape index (κ1) is 22.7. The van der Waals surface area contributed by atoms with Crippen molar-refractivity contribution in [2.75, 3.05) is 20.7 Å². The van der Waals surface area contributed by atoms with Gasteiger partial charge < -0.3 is 13.7 Å². The second kappa shape index (κ2) is 8.83. The van der Waals surface area contributed by atoms with Crippen molar-refractivity contribution < 1.29 is 26.9 Å². The van der Waals surface area contributed by atoms with Gasteiger partial charge in [0.05, 0.1) is 25.6 Å². The number of methoxy groups -OCH3 is 1. The van der Waals surface area contributed by atoms with E-state index in [1.54, 1.807) is 19.2 Å². The topological polar surface area (TPSA) is 118 Å². The number of hydrogen-bond donors (Lipinski definition) is 0. The maximum absolute atomic E-state index is 13.2. The minimum atomic E-state index is -3.98. The van der Waals surface area contributed by atoms with Crippen molar-refractivity contribution in [2.24, 2.45) is 5.10 Å². The lowest BCUT2D eigenvalue weighted by Gasteiger charge is -2.23. The molecule has 1 amide bonds. The van der Waals surface area contributed by atoms with Crippen LogP contribution in [0.4, 0.5) is 0 Å². The maximum atomic E-state index is 13.2. The molecule has 0 fully saturated rings. The van der Waals surface area contributed by atoms with Crippen LogP contribution in [0.15, 0.2) is 61.6 Å². The van der Waals surface area contributed by atoms with E-state index in [1.807, 2.05) is 24.3 Å². The van der Waals surface area contributed by atoms with Gasteiger partial charge >= 0.3 is 0 Å². The van der Waals surface area contributed by atoms with E-state index >= 15 is 0 Å². The van der Waals surface area contributed by atoms with Crippen molar-refractivity contribution in [1.82, 2.24) is 14.5 Å². The lowest BCUT2D eigenvalue weighted by Crippen LogP contribution is -2.39. The Morgan fingerprint density at radius 3 is 2.55 bits per heavy atom. The summed E-state index contributed by atoms with van der Waals surface area (Å²) >= 11 is 0. The Kier molecular flexibility index (Phi) is 6.09. The third-order valence-corrected chi connectivity index (χ3v) is 7.50. The number of rotatable bonds is 7. The molecule has 0 saturated carbocycles. The molecular formula is C22H24N4O6S. The number of carbonyl (C=O) groups is 1. The van der Waals surface area contributed by atoms with Crippen LogP contribution in [0.5, 0.6) is 5.75 Å². The largest absolute Gasteiger partial charge is 0.497 e. The number of carbonyl (C=O) groups excluding carboxylic acids is 1. The van der Waals surface area contributed by atoms with Crippen LogP contribution >= 0.6 is 0 Å². The quantitative estimate of drug-likeness (QED) is 0.519. The second-order valence-corrected chi connectivity index (χ2v) is 9.64. The zero-order valence-electron chi connectivity index (χ0n) is 18.7. The number of benzene rings is 1. The highest BCUT2D eigenvalue weighted by Gasteiger charge is 2.37. The number of aryl methyl sites for hydroxylation is 2. The first-order chi connectivity index (χ1) is 15.7. The Morgan fingerprint density at radius 2 is 1.97 bits per heavy atom. The Labute approximate surface area is 191 Å². The standard InChI is InChI=1S/C22H24N4O6S/c1-14-22(15(2)32-24-14)33(28,29)25(3)13-21(27)26-19(20-6-5-11-31-20)12-18(23-26)16-7-9-17(30-4)10-8-16/h5-11,19H,12-13H2,1-4H3/t19-/m1/s1. The molecule has 1 aliphatic heterocycles. The highest BCUT2D eigenvalue weighted by molar-refractivity contribution is 7.89. The SMILES string of the molecule is COc1ccc(C2=NN(C(=O)CN(C)S(=O)(=O)c3c(C)noc3C)[C@@H](c3ccco3)C2)cc1. The molecule has 3 heterocycles. The average Bonchev–Trinajstić information content (AvgIpc) is 3.53. The van der Waals surface area contributed by atoms with E-state index in [2.05, 4.69) is 10.3 Å². The fourth-order valence-corrected chi connectivity index (χ4v) is 5.15. The Morgan fingerprint density at radius 1 is 1.24 bits per heavy atom. The van der Waals surface area contributed by atoms with Gasteiger partial charge in [0.25, 0.3) is 5.91 Å². The summed E-state index contributed by atoms with van der Waals surface area (Å²) in [5, 5.41) is 9.52. The van der Waals surface area contributed by atoms with Crippen LogP contribution in [0.1, 0.15) is 35.2 Å². The molecule has 0 spiro atoms. The Balaban J connectivity index is 1.61. The zero-order valence-corrected chi connectivity index (χ0v) is 19.5. The number of hydrazone groups is 1. The highest BCUT2D eigenvalue weighted by Crippen LogP contribution is 2.34. The lowest BCUT2D eigenvalue weighted by molar-refractivity contribution is -0.133. The zero-order chi connectivity index (χ0) is 23.8. The summed E-state index contributed by atoms with van der Waals surface area (Å²) in [6.07, 6.45) is 1.95. The van der Waals surface area contributed by atoms with Crippen LogP contribution < -0.4 is 4.74 Å². The van der Waals surface area contributed by atoms with Gasteiger partial charge in [0, 0.05) is 13.5 Å². The predicted molar refractivity (Wildman–Crippen MR) is 118 cm³/mol. The molecule has 0 unspecified atom stereocenters. The Bertz CT molecular complexity index is 1260. The van der Waals surface area contributed by atoms with Crippen LogP contribution in [0, 0.1) is 13.8 Å². The molecule has 174 valence electrons. The number of ether oxygens (including phenoxy) is 1. The molecule has 1 aromatic carbocycles. The number of likely N-dealkylation sites (N-methyl/N-ethyl adjacent to an activating group) is 1. The maximum Gasteiger partial charge on any atom is 0.258 e. The molecule has 4 rings (SSSR count). The molecule has 0 N–H and O–H groups in total. The number of sulfonamides is 1. The monoisotopic (exact) mass is 472 g/mol.